The summed E-state index contributed by atoms with van der Waals surface area (Å²) in [7, 11) is 4.12. The van der Waals surface area contributed by atoms with Crippen molar-refractivity contribution in [2.24, 2.45) is 0 Å². The monoisotopic (exact) mass is 335 g/mol. The normalized spacial score (nSPS) is 14.5. The van der Waals surface area contributed by atoms with E-state index in [1.165, 1.54) is 14.2 Å². The summed E-state index contributed by atoms with van der Waals surface area (Å²) in [6.45, 7) is 3.90. The van der Waals surface area contributed by atoms with Crippen molar-refractivity contribution in [3.63, 3.8) is 0 Å². The molecule has 130 valence electrons. The molecule has 1 aliphatic heterocycles. The predicted molar refractivity (Wildman–Crippen MR) is 86.8 cm³/mol. The summed E-state index contributed by atoms with van der Waals surface area (Å²) in [5.41, 5.74) is 2.75. The largest absolute Gasteiger partial charge is 0.496 e. The Bertz CT molecular complexity index is 695. The van der Waals surface area contributed by atoms with E-state index < -0.39 is 11.9 Å². The SMILES string of the molecule is COC(=O)C1=C(C(=O)OC)N(c2cc(C)c(OC)cc2C)COC1. The first-order valence-corrected chi connectivity index (χ1v) is 7.34. The van der Waals surface area contributed by atoms with Crippen LogP contribution >= 0.6 is 0 Å². The topological polar surface area (TPSA) is 74.3 Å². The van der Waals surface area contributed by atoms with E-state index in [4.69, 9.17) is 18.9 Å². The van der Waals surface area contributed by atoms with Gasteiger partial charge in [0, 0.05) is 5.69 Å². The smallest absolute Gasteiger partial charge is 0.355 e. The molecule has 0 saturated carbocycles. The van der Waals surface area contributed by atoms with Gasteiger partial charge in [-0.25, -0.2) is 9.59 Å². The Kier molecular flexibility index (Phi) is 5.46. The molecule has 1 aromatic rings. The van der Waals surface area contributed by atoms with Crippen molar-refractivity contribution >= 4 is 17.6 Å². The third-order valence-electron chi connectivity index (χ3n) is 3.84. The summed E-state index contributed by atoms with van der Waals surface area (Å²) in [6.07, 6.45) is 0. The molecule has 0 amide bonds. The van der Waals surface area contributed by atoms with Crippen LogP contribution in [0, 0.1) is 13.8 Å². The average Bonchev–Trinajstić information content (AvgIpc) is 2.61. The summed E-state index contributed by atoms with van der Waals surface area (Å²) in [5.74, 6) is -0.500. The Morgan fingerprint density at radius 1 is 1.04 bits per heavy atom. The molecule has 0 aliphatic carbocycles. The fourth-order valence-corrected chi connectivity index (χ4v) is 2.62. The summed E-state index contributed by atoms with van der Waals surface area (Å²) < 4.78 is 20.4. The van der Waals surface area contributed by atoms with E-state index in [1.54, 1.807) is 12.0 Å². The molecule has 0 atom stereocenters. The fourth-order valence-electron chi connectivity index (χ4n) is 2.62. The average molecular weight is 335 g/mol. The molecule has 0 fully saturated rings. The molecule has 7 heteroatoms. The lowest BCUT2D eigenvalue weighted by Gasteiger charge is -2.32. The van der Waals surface area contributed by atoms with Crippen LogP contribution in [0.15, 0.2) is 23.4 Å². The summed E-state index contributed by atoms with van der Waals surface area (Å²) in [6, 6.07) is 3.74. The van der Waals surface area contributed by atoms with E-state index in [-0.39, 0.29) is 24.6 Å². The highest BCUT2D eigenvalue weighted by Gasteiger charge is 2.33. The van der Waals surface area contributed by atoms with Gasteiger partial charge in [-0.2, -0.15) is 0 Å². The first-order chi connectivity index (χ1) is 11.4. The van der Waals surface area contributed by atoms with Crippen LogP contribution in [0.4, 0.5) is 5.69 Å². The van der Waals surface area contributed by atoms with Gasteiger partial charge < -0.3 is 23.8 Å². The van der Waals surface area contributed by atoms with Crippen molar-refractivity contribution in [3.8, 4) is 5.75 Å². The quantitative estimate of drug-likeness (QED) is 0.775. The number of hydrogen-bond donors (Lipinski definition) is 0. The molecule has 0 unspecified atom stereocenters. The third kappa shape index (κ3) is 3.21. The van der Waals surface area contributed by atoms with Gasteiger partial charge in [-0.15, -0.1) is 0 Å². The Hall–Kier alpha value is -2.54. The van der Waals surface area contributed by atoms with Gasteiger partial charge >= 0.3 is 11.9 Å². The van der Waals surface area contributed by atoms with Gasteiger partial charge in [-0.3, -0.25) is 0 Å². The Morgan fingerprint density at radius 3 is 2.29 bits per heavy atom. The van der Waals surface area contributed by atoms with Gasteiger partial charge in [0.25, 0.3) is 0 Å². The highest BCUT2D eigenvalue weighted by molar-refractivity contribution is 6.03. The highest BCUT2D eigenvalue weighted by Crippen LogP contribution is 2.33. The maximum atomic E-state index is 12.3. The van der Waals surface area contributed by atoms with E-state index in [2.05, 4.69) is 0 Å². The van der Waals surface area contributed by atoms with Crippen molar-refractivity contribution in [1.82, 2.24) is 0 Å². The number of aryl methyl sites for hydroxylation is 2. The molecule has 0 aromatic heterocycles. The van der Waals surface area contributed by atoms with Crippen LogP contribution in [0.1, 0.15) is 11.1 Å². The third-order valence-corrected chi connectivity index (χ3v) is 3.84. The first kappa shape index (κ1) is 17.8. The van der Waals surface area contributed by atoms with Crippen molar-refractivity contribution < 1.29 is 28.5 Å². The van der Waals surface area contributed by atoms with Crippen LogP contribution in [-0.2, 0) is 23.8 Å². The molecular formula is C17H21NO6. The maximum Gasteiger partial charge on any atom is 0.355 e. The Morgan fingerprint density at radius 2 is 1.71 bits per heavy atom. The maximum absolute atomic E-state index is 12.3. The molecule has 0 saturated heterocycles. The number of benzene rings is 1. The number of rotatable bonds is 4. The highest BCUT2D eigenvalue weighted by atomic mass is 16.5. The van der Waals surface area contributed by atoms with E-state index in [1.807, 2.05) is 26.0 Å². The molecule has 0 N–H and O–H groups in total. The number of methoxy groups -OCH3 is 3. The molecule has 1 heterocycles. The molecular weight excluding hydrogens is 314 g/mol. The van der Waals surface area contributed by atoms with Crippen molar-refractivity contribution in [1.29, 1.82) is 0 Å². The van der Waals surface area contributed by atoms with Crippen LogP contribution in [-0.4, -0.2) is 46.6 Å². The van der Waals surface area contributed by atoms with Gasteiger partial charge in [-0.1, -0.05) is 0 Å². The van der Waals surface area contributed by atoms with Crippen LogP contribution in [0.25, 0.3) is 0 Å². The van der Waals surface area contributed by atoms with E-state index >= 15 is 0 Å². The van der Waals surface area contributed by atoms with Crippen LogP contribution in [0.3, 0.4) is 0 Å². The molecule has 1 aliphatic rings. The molecule has 0 bridgehead atoms. The second kappa shape index (κ2) is 7.35. The number of carbonyl (C=O) groups is 2. The molecule has 7 nitrogen and oxygen atoms in total. The van der Waals surface area contributed by atoms with E-state index in [0.717, 1.165) is 22.6 Å². The zero-order valence-electron chi connectivity index (χ0n) is 14.5. The molecule has 0 spiro atoms. The standard InChI is InChI=1S/C17H21NO6/c1-10-7-14(21-3)11(2)6-13(10)18-9-24-8-12(16(19)22-4)15(18)17(20)23-5/h6-7H,8-9H2,1-5H3. The summed E-state index contributed by atoms with van der Waals surface area (Å²) >= 11 is 0. The first-order valence-electron chi connectivity index (χ1n) is 7.34. The predicted octanol–water partition coefficient (Wildman–Crippen LogP) is 1.71. The van der Waals surface area contributed by atoms with Crippen molar-refractivity contribution in [3.05, 3.63) is 34.5 Å². The number of esters is 2. The number of carbonyl (C=O) groups excluding carboxylic acids is 2. The lowest BCUT2D eigenvalue weighted by Crippen LogP contribution is -2.39. The van der Waals surface area contributed by atoms with Crippen LogP contribution in [0.5, 0.6) is 5.75 Å². The van der Waals surface area contributed by atoms with E-state index in [9.17, 15) is 9.59 Å². The zero-order valence-corrected chi connectivity index (χ0v) is 14.5. The second-order valence-corrected chi connectivity index (χ2v) is 5.32. The molecule has 2 rings (SSSR count). The Labute approximate surface area is 140 Å². The lowest BCUT2D eigenvalue weighted by molar-refractivity contribution is -0.140. The minimum atomic E-state index is -0.622. The van der Waals surface area contributed by atoms with Gasteiger partial charge in [-0.05, 0) is 37.1 Å². The van der Waals surface area contributed by atoms with Gasteiger partial charge in [0.05, 0.1) is 33.5 Å². The summed E-state index contributed by atoms with van der Waals surface area (Å²) in [4.78, 5) is 25.9. The number of anilines is 1. The van der Waals surface area contributed by atoms with Crippen molar-refractivity contribution in [2.75, 3.05) is 39.6 Å². The van der Waals surface area contributed by atoms with Gasteiger partial charge in [0.2, 0.25) is 0 Å². The van der Waals surface area contributed by atoms with Gasteiger partial charge in [0.15, 0.2) is 0 Å². The van der Waals surface area contributed by atoms with Crippen LogP contribution < -0.4 is 9.64 Å². The fraction of sp³-hybridized carbons (Fsp3) is 0.412. The molecule has 24 heavy (non-hydrogen) atoms. The van der Waals surface area contributed by atoms with Gasteiger partial charge in [0.1, 0.15) is 18.2 Å². The second-order valence-electron chi connectivity index (χ2n) is 5.32. The van der Waals surface area contributed by atoms with E-state index in [0.29, 0.717) is 0 Å². The Balaban J connectivity index is 2.61. The number of nitrogens with zero attached hydrogens (tertiary/aromatic N) is 1. The minimum absolute atomic E-state index is 0.0121. The van der Waals surface area contributed by atoms with Crippen LogP contribution in [0.2, 0.25) is 0 Å². The van der Waals surface area contributed by atoms with Crippen molar-refractivity contribution in [2.45, 2.75) is 13.8 Å². The number of ether oxygens (including phenoxy) is 4. The zero-order chi connectivity index (χ0) is 17.9. The number of hydrogen-bond acceptors (Lipinski definition) is 7. The lowest BCUT2D eigenvalue weighted by atomic mass is 10.1. The molecule has 1 aromatic carbocycles. The summed E-state index contributed by atoms with van der Waals surface area (Å²) in [5, 5.41) is 0. The minimum Gasteiger partial charge on any atom is -0.496 e. The molecule has 0 radical (unpaired) electrons.